The first-order valence-electron chi connectivity index (χ1n) is 8.77. The van der Waals surface area contributed by atoms with Crippen LogP contribution in [-0.4, -0.2) is 34.5 Å². The van der Waals surface area contributed by atoms with Crippen LogP contribution in [0.4, 0.5) is 0 Å². The van der Waals surface area contributed by atoms with Crippen molar-refractivity contribution >= 4 is 35.8 Å². The molecular weight excluding hydrogens is 405 g/mol. The summed E-state index contributed by atoms with van der Waals surface area (Å²) in [5, 5.41) is 13.2. The van der Waals surface area contributed by atoms with Gasteiger partial charge in [-0.05, 0) is 51.4 Å². The van der Waals surface area contributed by atoms with E-state index in [9.17, 15) is 9.59 Å². The van der Waals surface area contributed by atoms with Crippen LogP contribution < -0.4 is 16.0 Å². The third-order valence-corrected chi connectivity index (χ3v) is 4.57. The number of amides is 2. The number of carbonyl (C=O) groups is 2. The quantitative estimate of drug-likeness (QED) is 0.651. The molecule has 1 aromatic carbocycles. The lowest BCUT2D eigenvalue weighted by molar-refractivity contribution is -0.123. The van der Waals surface area contributed by atoms with Crippen molar-refractivity contribution in [3.8, 4) is 0 Å². The Balaban J connectivity index is 0.00000280. The zero-order valence-electron chi connectivity index (χ0n) is 15.6. The summed E-state index contributed by atoms with van der Waals surface area (Å²) in [5.74, 6) is 0.220. The van der Waals surface area contributed by atoms with Crippen molar-refractivity contribution < 1.29 is 14.1 Å². The minimum atomic E-state index is -0.863. The number of benzene rings is 1. The molecule has 1 atom stereocenters. The second kappa shape index (κ2) is 9.36. The summed E-state index contributed by atoms with van der Waals surface area (Å²) in [6.07, 6.45) is 1.81. The lowest BCUT2D eigenvalue weighted by Gasteiger charge is -2.22. The first-order chi connectivity index (χ1) is 12.8. The van der Waals surface area contributed by atoms with Gasteiger partial charge in [0.15, 0.2) is 5.82 Å². The van der Waals surface area contributed by atoms with E-state index in [2.05, 4.69) is 26.1 Å². The molecule has 0 radical (unpaired) electrons. The summed E-state index contributed by atoms with van der Waals surface area (Å²) in [7, 11) is 0. The number of halogens is 2. The first kappa shape index (κ1) is 22.1. The van der Waals surface area contributed by atoms with Crippen LogP contribution in [0.15, 0.2) is 28.8 Å². The smallest absolute Gasteiger partial charge is 0.252 e. The summed E-state index contributed by atoms with van der Waals surface area (Å²) in [5.41, 5.74) is -0.423. The summed E-state index contributed by atoms with van der Waals surface area (Å²) in [6, 6.07) is 6.50. The van der Waals surface area contributed by atoms with E-state index in [0.717, 1.165) is 19.4 Å². The first-order valence-corrected chi connectivity index (χ1v) is 9.15. The summed E-state index contributed by atoms with van der Waals surface area (Å²) in [6.45, 7) is 4.53. The van der Waals surface area contributed by atoms with E-state index < -0.39 is 5.54 Å². The summed E-state index contributed by atoms with van der Waals surface area (Å²) < 4.78 is 5.20. The third kappa shape index (κ3) is 5.43. The van der Waals surface area contributed by atoms with Crippen LogP contribution in [0, 0.1) is 0 Å². The maximum atomic E-state index is 12.4. The third-order valence-electron chi connectivity index (χ3n) is 4.33. The fourth-order valence-electron chi connectivity index (χ4n) is 2.82. The van der Waals surface area contributed by atoms with Crippen molar-refractivity contribution in [1.82, 2.24) is 26.1 Å². The second-order valence-electron chi connectivity index (χ2n) is 6.97. The average Bonchev–Trinajstić information content (AvgIpc) is 3.31. The van der Waals surface area contributed by atoms with Gasteiger partial charge in [0, 0.05) is 10.6 Å². The zero-order valence-corrected chi connectivity index (χ0v) is 17.2. The van der Waals surface area contributed by atoms with Gasteiger partial charge in [-0.3, -0.25) is 9.59 Å². The topological polar surface area (TPSA) is 109 Å². The van der Waals surface area contributed by atoms with Crippen LogP contribution in [-0.2, 0) is 16.9 Å². The minimum Gasteiger partial charge on any atom is -0.346 e. The fraction of sp³-hybridized carbons (Fsp3) is 0.444. The second-order valence-corrected chi connectivity index (χ2v) is 7.40. The number of aromatic nitrogens is 2. The van der Waals surface area contributed by atoms with Crippen molar-refractivity contribution in [1.29, 1.82) is 0 Å². The normalized spacial score (nSPS) is 16.3. The number of carbonyl (C=O) groups excluding carboxylic acids is 2. The Kier molecular flexibility index (Phi) is 7.40. The van der Waals surface area contributed by atoms with Gasteiger partial charge in [-0.15, -0.1) is 12.4 Å². The molecule has 0 saturated carbocycles. The maximum absolute atomic E-state index is 12.4. The Labute approximate surface area is 174 Å². The van der Waals surface area contributed by atoms with Gasteiger partial charge in [-0.25, -0.2) is 0 Å². The number of hydrogen-bond acceptors (Lipinski definition) is 6. The van der Waals surface area contributed by atoms with Gasteiger partial charge < -0.3 is 20.5 Å². The van der Waals surface area contributed by atoms with E-state index in [0.29, 0.717) is 16.4 Å². The van der Waals surface area contributed by atoms with Crippen LogP contribution in [0.25, 0.3) is 0 Å². The molecule has 2 heterocycles. The highest BCUT2D eigenvalue weighted by Crippen LogP contribution is 2.19. The highest BCUT2D eigenvalue weighted by molar-refractivity contribution is 6.30. The van der Waals surface area contributed by atoms with Crippen molar-refractivity contribution in [2.45, 2.75) is 44.8 Å². The van der Waals surface area contributed by atoms with Crippen molar-refractivity contribution in [3.05, 3.63) is 46.6 Å². The molecule has 2 aromatic rings. The lowest BCUT2D eigenvalue weighted by Crippen LogP contribution is -2.42. The molecule has 0 aliphatic carbocycles. The van der Waals surface area contributed by atoms with E-state index >= 15 is 0 Å². The van der Waals surface area contributed by atoms with Gasteiger partial charge in [0.25, 0.3) is 5.91 Å². The van der Waals surface area contributed by atoms with Crippen LogP contribution in [0.3, 0.4) is 0 Å². The molecule has 1 unspecified atom stereocenters. The molecule has 1 fully saturated rings. The molecule has 2 amide bonds. The molecule has 1 aliphatic heterocycles. The summed E-state index contributed by atoms with van der Waals surface area (Å²) >= 11 is 5.93. The molecule has 1 aromatic heterocycles. The molecule has 0 bridgehead atoms. The van der Waals surface area contributed by atoms with Crippen molar-refractivity contribution in [2.24, 2.45) is 0 Å². The molecule has 0 spiro atoms. The molecule has 10 heteroatoms. The maximum Gasteiger partial charge on any atom is 0.252 e. The largest absolute Gasteiger partial charge is 0.346 e. The Bertz CT molecular complexity index is 834. The SMILES string of the molecule is CC(C)(NC(=O)c1cccc(Cl)c1)c1noc(CNC(=O)C2CCCN2)n1.Cl. The lowest BCUT2D eigenvalue weighted by atomic mass is 10.0. The summed E-state index contributed by atoms with van der Waals surface area (Å²) in [4.78, 5) is 28.7. The average molecular weight is 428 g/mol. The van der Waals surface area contributed by atoms with Gasteiger partial charge in [-0.2, -0.15) is 4.98 Å². The van der Waals surface area contributed by atoms with E-state index in [-0.39, 0.29) is 42.7 Å². The number of rotatable bonds is 6. The molecule has 1 saturated heterocycles. The Hall–Kier alpha value is -2.16. The van der Waals surface area contributed by atoms with Crippen molar-refractivity contribution in [3.63, 3.8) is 0 Å². The minimum absolute atomic E-state index is 0. The molecule has 1 aliphatic rings. The van der Waals surface area contributed by atoms with Gasteiger partial charge in [0.1, 0.15) is 0 Å². The van der Waals surface area contributed by atoms with E-state index in [1.807, 2.05) is 0 Å². The number of hydrogen-bond donors (Lipinski definition) is 3. The van der Waals surface area contributed by atoms with Crippen LogP contribution in [0.5, 0.6) is 0 Å². The highest BCUT2D eigenvalue weighted by atomic mass is 35.5. The Morgan fingerprint density at radius 3 is 2.86 bits per heavy atom. The monoisotopic (exact) mass is 427 g/mol. The predicted octanol–water partition coefficient (Wildman–Crippen LogP) is 2.18. The molecular formula is C18H23Cl2N5O3. The van der Waals surface area contributed by atoms with Crippen LogP contribution in [0.2, 0.25) is 5.02 Å². The predicted molar refractivity (Wildman–Crippen MR) is 106 cm³/mol. The van der Waals surface area contributed by atoms with Gasteiger partial charge in [0.2, 0.25) is 11.8 Å². The highest BCUT2D eigenvalue weighted by Gasteiger charge is 2.29. The number of nitrogens with zero attached hydrogens (tertiary/aromatic N) is 2. The van der Waals surface area contributed by atoms with Gasteiger partial charge >= 0.3 is 0 Å². The fourth-order valence-corrected chi connectivity index (χ4v) is 3.01. The van der Waals surface area contributed by atoms with E-state index in [1.165, 1.54) is 0 Å². The standard InChI is InChI=1S/C18H22ClN5O3.ClH/c1-18(2,23-15(25)11-5-3-6-12(19)9-11)17-22-14(27-24-17)10-21-16(26)13-7-4-8-20-13;/h3,5-6,9,13,20H,4,7-8,10H2,1-2H3,(H,21,26)(H,23,25);1H. The molecule has 8 nitrogen and oxygen atoms in total. The molecule has 3 N–H and O–H groups in total. The van der Waals surface area contributed by atoms with Crippen LogP contribution in [0.1, 0.15) is 48.8 Å². The van der Waals surface area contributed by atoms with Crippen molar-refractivity contribution in [2.75, 3.05) is 6.54 Å². The van der Waals surface area contributed by atoms with E-state index in [1.54, 1.807) is 38.1 Å². The van der Waals surface area contributed by atoms with E-state index in [4.69, 9.17) is 16.1 Å². The Morgan fingerprint density at radius 1 is 1.39 bits per heavy atom. The molecule has 152 valence electrons. The Morgan fingerprint density at radius 2 is 2.18 bits per heavy atom. The zero-order chi connectivity index (χ0) is 19.4. The molecule has 3 rings (SSSR count). The number of nitrogens with one attached hydrogen (secondary N) is 3. The van der Waals surface area contributed by atoms with Crippen LogP contribution >= 0.6 is 24.0 Å². The molecule has 28 heavy (non-hydrogen) atoms. The van der Waals surface area contributed by atoms with Gasteiger partial charge in [-0.1, -0.05) is 22.8 Å². The van der Waals surface area contributed by atoms with Gasteiger partial charge in [0.05, 0.1) is 18.1 Å².